The van der Waals surface area contributed by atoms with E-state index in [4.69, 9.17) is 27.9 Å². The molecule has 0 atom stereocenters. The molecule has 1 amide bonds. The highest BCUT2D eigenvalue weighted by atomic mass is 35.5. The van der Waals surface area contributed by atoms with E-state index in [-0.39, 0.29) is 17.2 Å². The van der Waals surface area contributed by atoms with Gasteiger partial charge in [-0.3, -0.25) is 14.2 Å². The number of aromatic nitrogens is 3. The van der Waals surface area contributed by atoms with Gasteiger partial charge in [0.2, 0.25) is 5.91 Å². The fourth-order valence-electron chi connectivity index (χ4n) is 3.02. The van der Waals surface area contributed by atoms with Gasteiger partial charge in [0.1, 0.15) is 11.6 Å². The quantitative estimate of drug-likeness (QED) is 0.310. The Bertz CT molecular complexity index is 1360. The molecule has 0 aliphatic carbocycles. The van der Waals surface area contributed by atoms with Gasteiger partial charge in [0, 0.05) is 11.2 Å². The SMILES string of the molecule is COc1ccccc1-n1c(SCC(=O)Nc2ccc(Cl)cn2)nc2cc(Cl)ccc2c1=O. The fraction of sp³-hybridized carbons (Fsp3) is 0.0909. The Kier molecular flexibility index (Phi) is 6.64. The molecular weight excluding hydrogens is 471 g/mol. The van der Waals surface area contributed by atoms with Crippen LogP contribution >= 0.6 is 35.0 Å². The lowest BCUT2D eigenvalue weighted by molar-refractivity contribution is -0.113. The minimum absolute atomic E-state index is 0.00202. The molecule has 0 radical (unpaired) electrons. The second-order valence-electron chi connectivity index (χ2n) is 6.57. The van der Waals surface area contributed by atoms with Gasteiger partial charge in [-0.25, -0.2) is 9.97 Å². The molecule has 1 N–H and O–H groups in total. The molecule has 0 fully saturated rings. The van der Waals surface area contributed by atoms with Crippen molar-refractivity contribution < 1.29 is 9.53 Å². The molecule has 0 bridgehead atoms. The predicted molar refractivity (Wildman–Crippen MR) is 128 cm³/mol. The monoisotopic (exact) mass is 486 g/mol. The molecular formula is C22H16Cl2N4O3S. The third-order valence-electron chi connectivity index (χ3n) is 4.45. The van der Waals surface area contributed by atoms with Gasteiger partial charge in [0.15, 0.2) is 5.16 Å². The highest BCUT2D eigenvalue weighted by molar-refractivity contribution is 7.99. The minimum atomic E-state index is -0.308. The van der Waals surface area contributed by atoms with Crippen LogP contribution in [0.4, 0.5) is 5.82 Å². The summed E-state index contributed by atoms with van der Waals surface area (Å²) in [5, 5.41) is 4.35. The van der Waals surface area contributed by atoms with E-state index in [0.717, 1.165) is 11.8 Å². The minimum Gasteiger partial charge on any atom is -0.495 e. The normalized spacial score (nSPS) is 10.8. The second kappa shape index (κ2) is 9.60. The number of hydrogen-bond donors (Lipinski definition) is 1. The van der Waals surface area contributed by atoms with Crippen molar-refractivity contribution in [3.8, 4) is 11.4 Å². The number of carbonyl (C=O) groups is 1. The largest absolute Gasteiger partial charge is 0.495 e. The average molecular weight is 487 g/mol. The molecule has 2 aromatic carbocycles. The van der Waals surface area contributed by atoms with Gasteiger partial charge in [0.05, 0.1) is 34.5 Å². The van der Waals surface area contributed by atoms with E-state index >= 15 is 0 Å². The highest BCUT2D eigenvalue weighted by Crippen LogP contribution is 2.28. The van der Waals surface area contributed by atoms with Gasteiger partial charge in [-0.2, -0.15) is 0 Å². The summed E-state index contributed by atoms with van der Waals surface area (Å²) in [6.45, 7) is 0. The van der Waals surface area contributed by atoms with E-state index in [0.29, 0.717) is 43.4 Å². The van der Waals surface area contributed by atoms with E-state index in [9.17, 15) is 9.59 Å². The number of pyridine rings is 1. The van der Waals surface area contributed by atoms with E-state index < -0.39 is 0 Å². The van der Waals surface area contributed by atoms with Crippen LogP contribution in [-0.4, -0.2) is 33.3 Å². The molecule has 2 heterocycles. The van der Waals surface area contributed by atoms with Crippen molar-refractivity contribution in [3.63, 3.8) is 0 Å². The lowest BCUT2D eigenvalue weighted by Gasteiger charge is -2.15. The maximum absolute atomic E-state index is 13.4. The van der Waals surface area contributed by atoms with Gasteiger partial charge >= 0.3 is 0 Å². The van der Waals surface area contributed by atoms with Gasteiger partial charge in [-0.1, -0.05) is 47.1 Å². The fourth-order valence-corrected chi connectivity index (χ4v) is 4.10. The van der Waals surface area contributed by atoms with Crippen molar-refractivity contribution in [2.45, 2.75) is 5.16 Å². The standard InChI is InChI=1S/C22H16Cl2N4O3S/c1-31-18-5-3-2-4-17(18)28-21(30)15-8-6-13(23)10-16(15)26-22(28)32-12-20(29)27-19-9-7-14(24)11-25-19/h2-11H,12H2,1H3,(H,25,27,29). The van der Waals surface area contributed by atoms with Crippen molar-refractivity contribution in [1.29, 1.82) is 0 Å². The summed E-state index contributed by atoms with van der Waals surface area (Å²) in [5.41, 5.74) is 0.668. The van der Waals surface area contributed by atoms with Crippen LogP contribution in [0.2, 0.25) is 10.0 Å². The van der Waals surface area contributed by atoms with Gasteiger partial charge < -0.3 is 10.1 Å². The van der Waals surface area contributed by atoms with Gasteiger partial charge in [0.25, 0.3) is 5.56 Å². The van der Waals surface area contributed by atoms with Gasteiger partial charge in [-0.05, 0) is 42.5 Å². The second-order valence-corrected chi connectivity index (χ2v) is 8.38. The molecule has 0 aliphatic heterocycles. The molecule has 2 aromatic heterocycles. The number of halogens is 2. The molecule has 0 aliphatic rings. The molecule has 10 heteroatoms. The van der Waals surface area contributed by atoms with Crippen LogP contribution in [0.25, 0.3) is 16.6 Å². The Morgan fingerprint density at radius 1 is 1.12 bits per heavy atom. The van der Waals surface area contributed by atoms with Crippen molar-refractivity contribution in [2.75, 3.05) is 18.2 Å². The van der Waals surface area contributed by atoms with Crippen molar-refractivity contribution in [3.05, 3.63) is 81.2 Å². The zero-order chi connectivity index (χ0) is 22.7. The van der Waals surface area contributed by atoms with Crippen molar-refractivity contribution >= 4 is 57.6 Å². The molecule has 0 unspecified atom stereocenters. The summed E-state index contributed by atoms with van der Waals surface area (Å²) in [5.74, 6) is 0.566. The van der Waals surface area contributed by atoms with Crippen molar-refractivity contribution in [2.24, 2.45) is 0 Å². The summed E-state index contributed by atoms with van der Waals surface area (Å²) >= 11 is 13.0. The number of anilines is 1. The van der Waals surface area contributed by atoms with E-state index in [1.807, 2.05) is 0 Å². The van der Waals surface area contributed by atoms with Crippen LogP contribution in [0.1, 0.15) is 0 Å². The number of hydrogen-bond acceptors (Lipinski definition) is 6. The maximum atomic E-state index is 13.4. The molecule has 0 saturated heterocycles. The first-order chi connectivity index (χ1) is 15.5. The number of ether oxygens (including phenoxy) is 1. The highest BCUT2D eigenvalue weighted by Gasteiger charge is 2.18. The smallest absolute Gasteiger partial charge is 0.266 e. The topological polar surface area (TPSA) is 86.1 Å². The number of para-hydroxylation sites is 2. The number of rotatable bonds is 6. The zero-order valence-corrected chi connectivity index (χ0v) is 19.0. The van der Waals surface area contributed by atoms with Crippen LogP contribution in [-0.2, 0) is 4.79 Å². The van der Waals surface area contributed by atoms with E-state index in [1.54, 1.807) is 54.6 Å². The lowest BCUT2D eigenvalue weighted by atomic mass is 10.2. The summed E-state index contributed by atoms with van der Waals surface area (Å²) in [7, 11) is 1.53. The number of methoxy groups -OCH3 is 1. The van der Waals surface area contributed by atoms with Gasteiger partial charge in [-0.15, -0.1) is 0 Å². The van der Waals surface area contributed by atoms with Crippen LogP contribution in [0.3, 0.4) is 0 Å². The van der Waals surface area contributed by atoms with E-state index in [1.165, 1.54) is 17.9 Å². The van der Waals surface area contributed by atoms with Crippen LogP contribution in [0.15, 0.2) is 70.7 Å². The lowest BCUT2D eigenvalue weighted by Crippen LogP contribution is -2.23. The number of benzene rings is 2. The number of carbonyl (C=O) groups excluding carboxylic acids is 1. The predicted octanol–water partition coefficient (Wildman–Crippen LogP) is 4.83. The Hall–Kier alpha value is -3.07. The molecule has 32 heavy (non-hydrogen) atoms. The molecule has 162 valence electrons. The zero-order valence-electron chi connectivity index (χ0n) is 16.7. The first-order valence-corrected chi connectivity index (χ1v) is 11.1. The Balaban J connectivity index is 1.72. The summed E-state index contributed by atoms with van der Waals surface area (Å²) < 4.78 is 6.88. The molecule has 0 spiro atoms. The number of amides is 1. The Morgan fingerprint density at radius 2 is 1.91 bits per heavy atom. The summed E-state index contributed by atoms with van der Waals surface area (Å²) in [6, 6.07) is 15.2. The van der Waals surface area contributed by atoms with Crippen LogP contribution < -0.4 is 15.6 Å². The third kappa shape index (κ3) is 4.72. The molecule has 0 saturated carbocycles. The molecule has 4 aromatic rings. The van der Waals surface area contributed by atoms with Crippen LogP contribution in [0.5, 0.6) is 5.75 Å². The maximum Gasteiger partial charge on any atom is 0.266 e. The summed E-state index contributed by atoms with van der Waals surface area (Å²) in [6.07, 6.45) is 1.44. The third-order valence-corrected chi connectivity index (χ3v) is 5.85. The first kappa shape index (κ1) is 22.1. The first-order valence-electron chi connectivity index (χ1n) is 9.36. The number of nitrogens with zero attached hydrogens (tertiary/aromatic N) is 3. The number of thioether (sulfide) groups is 1. The number of fused-ring (bicyclic) bond motifs is 1. The van der Waals surface area contributed by atoms with E-state index in [2.05, 4.69) is 15.3 Å². The average Bonchev–Trinajstić information content (AvgIpc) is 2.79. The Labute approximate surface area is 197 Å². The van der Waals surface area contributed by atoms with Crippen molar-refractivity contribution in [1.82, 2.24) is 14.5 Å². The van der Waals surface area contributed by atoms with Crippen LogP contribution in [0, 0.1) is 0 Å². The Morgan fingerprint density at radius 3 is 2.66 bits per heavy atom. The molecule has 7 nitrogen and oxygen atoms in total. The summed E-state index contributed by atoms with van der Waals surface area (Å²) in [4.78, 5) is 34.5. The molecule has 4 rings (SSSR count). The number of nitrogens with one attached hydrogen (secondary N) is 1.